The van der Waals surface area contributed by atoms with Gasteiger partial charge in [-0.05, 0) is 50.2 Å². The Labute approximate surface area is 166 Å². The van der Waals surface area contributed by atoms with Crippen molar-refractivity contribution in [3.8, 4) is 0 Å². The molecular formula is C21H26N2O4S. The number of amides is 1. The Balaban J connectivity index is 1.47. The fourth-order valence-corrected chi connectivity index (χ4v) is 5.95. The van der Waals surface area contributed by atoms with Crippen LogP contribution < -0.4 is 5.32 Å². The molecule has 0 saturated carbocycles. The topological polar surface area (TPSA) is 79.6 Å². The van der Waals surface area contributed by atoms with E-state index in [1.54, 1.807) is 6.92 Å². The van der Waals surface area contributed by atoms with E-state index in [0.717, 1.165) is 32.1 Å². The number of fused-ring (bicyclic) bond motifs is 1. The average Bonchev–Trinajstić information content (AvgIpc) is 3.36. The molecule has 0 spiro atoms. The summed E-state index contributed by atoms with van der Waals surface area (Å²) >= 11 is 0. The summed E-state index contributed by atoms with van der Waals surface area (Å²) in [4.78, 5) is 12.7. The van der Waals surface area contributed by atoms with E-state index in [4.69, 9.17) is 4.42 Å². The molecule has 2 aromatic rings. The number of carbonyl (C=O) groups is 1. The van der Waals surface area contributed by atoms with Gasteiger partial charge in [-0.25, -0.2) is 8.42 Å². The number of aryl methyl sites for hydroxylation is 2. The van der Waals surface area contributed by atoms with Crippen LogP contribution in [0.15, 0.2) is 39.6 Å². The van der Waals surface area contributed by atoms with Crippen LogP contribution in [0.3, 0.4) is 0 Å². The standard InChI is InChI=1S/C21H26N2O4S/c1-15-20(28(25,26)23-11-4-5-12-23)13-19(27-15)21(24)22-14-17-9-6-8-16-7-2-3-10-18(16)17/h2-3,7,10,13,17H,4-6,8-9,11-12,14H2,1H3,(H,22,24)/t17-/m0/s1. The Bertz CT molecular complexity index is 974. The number of hydrogen-bond donors (Lipinski definition) is 1. The van der Waals surface area contributed by atoms with E-state index >= 15 is 0 Å². The first-order valence-electron chi connectivity index (χ1n) is 9.93. The minimum atomic E-state index is -3.60. The quantitative estimate of drug-likeness (QED) is 0.833. The van der Waals surface area contributed by atoms with E-state index in [0.29, 0.717) is 19.6 Å². The lowest BCUT2D eigenvalue weighted by molar-refractivity contribution is 0.0921. The van der Waals surface area contributed by atoms with E-state index in [-0.39, 0.29) is 28.2 Å². The van der Waals surface area contributed by atoms with Crippen LogP contribution in [0.1, 0.15) is 59.0 Å². The Morgan fingerprint density at radius 1 is 1.21 bits per heavy atom. The molecule has 2 aliphatic rings. The van der Waals surface area contributed by atoms with Gasteiger partial charge in [0.15, 0.2) is 5.76 Å². The zero-order valence-electron chi connectivity index (χ0n) is 16.1. The van der Waals surface area contributed by atoms with E-state index < -0.39 is 10.0 Å². The molecule has 1 aliphatic carbocycles. The maximum absolute atomic E-state index is 12.8. The minimum Gasteiger partial charge on any atom is -0.455 e. The maximum Gasteiger partial charge on any atom is 0.287 e. The average molecular weight is 403 g/mol. The Kier molecular flexibility index (Phi) is 5.29. The van der Waals surface area contributed by atoms with E-state index in [9.17, 15) is 13.2 Å². The van der Waals surface area contributed by atoms with Gasteiger partial charge >= 0.3 is 0 Å². The van der Waals surface area contributed by atoms with Gasteiger partial charge in [-0.2, -0.15) is 4.31 Å². The number of sulfonamides is 1. The molecule has 1 aromatic carbocycles. The molecular weight excluding hydrogens is 376 g/mol. The predicted octanol–water partition coefficient (Wildman–Crippen LogP) is 3.22. The summed E-state index contributed by atoms with van der Waals surface area (Å²) in [6, 6.07) is 9.73. The molecule has 1 fully saturated rings. The van der Waals surface area contributed by atoms with E-state index in [1.807, 2.05) is 12.1 Å². The molecule has 0 bridgehead atoms. The summed E-state index contributed by atoms with van der Waals surface area (Å²) in [6.45, 7) is 3.16. The van der Waals surface area contributed by atoms with Gasteiger partial charge in [0.1, 0.15) is 10.7 Å². The Morgan fingerprint density at radius 3 is 2.75 bits per heavy atom. The highest BCUT2D eigenvalue weighted by atomic mass is 32.2. The van der Waals surface area contributed by atoms with Crippen LogP contribution in [-0.4, -0.2) is 38.3 Å². The summed E-state index contributed by atoms with van der Waals surface area (Å²) in [5.41, 5.74) is 2.64. The molecule has 4 rings (SSSR count). The molecule has 0 radical (unpaired) electrons. The van der Waals surface area contributed by atoms with Crippen LogP contribution in [0, 0.1) is 6.92 Å². The second kappa shape index (κ2) is 7.72. The first-order chi connectivity index (χ1) is 13.5. The largest absolute Gasteiger partial charge is 0.455 e. The van der Waals surface area contributed by atoms with Crippen molar-refractivity contribution in [1.29, 1.82) is 0 Å². The van der Waals surface area contributed by atoms with Gasteiger partial charge in [-0.15, -0.1) is 0 Å². The molecule has 1 saturated heterocycles. The van der Waals surface area contributed by atoms with Crippen molar-refractivity contribution in [2.24, 2.45) is 0 Å². The molecule has 0 unspecified atom stereocenters. The lowest BCUT2D eigenvalue weighted by Gasteiger charge is -2.25. The van der Waals surface area contributed by atoms with Gasteiger partial charge in [-0.3, -0.25) is 4.79 Å². The third-order valence-corrected chi connectivity index (χ3v) is 7.79. The molecule has 6 nitrogen and oxygen atoms in total. The highest BCUT2D eigenvalue weighted by Crippen LogP contribution is 2.31. The fourth-order valence-electron chi connectivity index (χ4n) is 4.27. The van der Waals surface area contributed by atoms with Crippen LogP contribution in [0.25, 0.3) is 0 Å². The zero-order chi connectivity index (χ0) is 19.7. The summed E-state index contributed by atoms with van der Waals surface area (Å²) in [7, 11) is -3.60. The van der Waals surface area contributed by atoms with Crippen molar-refractivity contribution >= 4 is 15.9 Å². The number of carbonyl (C=O) groups excluding carboxylic acids is 1. The van der Waals surface area contributed by atoms with Gasteiger partial charge in [0.05, 0.1) is 0 Å². The van der Waals surface area contributed by atoms with Crippen LogP contribution in [-0.2, 0) is 16.4 Å². The summed E-state index contributed by atoms with van der Waals surface area (Å²) in [5, 5.41) is 2.93. The molecule has 28 heavy (non-hydrogen) atoms. The van der Waals surface area contributed by atoms with Crippen molar-refractivity contribution in [3.63, 3.8) is 0 Å². The van der Waals surface area contributed by atoms with Gasteiger partial charge < -0.3 is 9.73 Å². The van der Waals surface area contributed by atoms with E-state index in [1.165, 1.54) is 21.5 Å². The molecule has 1 amide bonds. The van der Waals surface area contributed by atoms with Crippen LogP contribution in [0.5, 0.6) is 0 Å². The molecule has 1 aliphatic heterocycles. The van der Waals surface area contributed by atoms with Crippen LogP contribution in [0.4, 0.5) is 0 Å². The summed E-state index contributed by atoms with van der Waals surface area (Å²) in [5.74, 6) is 0.228. The molecule has 150 valence electrons. The number of rotatable bonds is 5. The maximum atomic E-state index is 12.8. The first-order valence-corrected chi connectivity index (χ1v) is 11.4. The summed E-state index contributed by atoms with van der Waals surface area (Å²) < 4.78 is 32.5. The number of benzene rings is 1. The third kappa shape index (κ3) is 3.61. The minimum absolute atomic E-state index is 0.0550. The van der Waals surface area contributed by atoms with E-state index in [2.05, 4.69) is 17.4 Å². The third-order valence-electron chi connectivity index (χ3n) is 5.78. The molecule has 1 N–H and O–H groups in total. The second-order valence-electron chi connectivity index (χ2n) is 7.64. The first kappa shape index (κ1) is 19.2. The normalized spacial score (nSPS) is 20.1. The number of nitrogens with one attached hydrogen (secondary N) is 1. The Morgan fingerprint density at radius 2 is 1.96 bits per heavy atom. The number of furan rings is 1. The fraction of sp³-hybridized carbons (Fsp3) is 0.476. The lowest BCUT2D eigenvalue weighted by Crippen LogP contribution is -2.30. The monoisotopic (exact) mass is 402 g/mol. The molecule has 1 aromatic heterocycles. The smallest absolute Gasteiger partial charge is 0.287 e. The van der Waals surface area contributed by atoms with Crippen molar-refractivity contribution in [2.45, 2.75) is 49.8 Å². The highest BCUT2D eigenvalue weighted by molar-refractivity contribution is 7.89. The summed E-state index contributed by atoms with van der Waals surface area (Å²) in [6.07, 6.45) is 4.95. The van der Waals surface area contributed by atoms with Crippen molar-refractivity contribution < 1.29 is 17.6 Å². The van der Waals surface area contributed by atoms with Gasteiger partial charge in [0, 0.05) is 31.6 Å². The molecule has 1 atom stereocenters. The lowest BCUT2D eigenvalue weighted by atomic mass is 9.83. The second-order valence-corrected chi connectivity index (χ2v) is 9.55. The molecule has 7 heteroatoms. The highest BCUT2D eigenvalue weighted by Gasteiger charge is 2.32. The van der Waals surface area contributed by atoms with Gasteiger partial charge in [-0.1, -0.05) is 24.3 Å². The predicted molar refractivity (Wildman–Crippen MR) is 106 cm³/mol. The van der Waals surface area contributed by atoms with Crippen LogP contribution >= 0.6 is 0 Å². The van der Waals surface area contributed by atoms with Gasteiger partial charge in [0.2, 0.25) is 10.0 Å². The Hall–Kier alpha value is -2.12. The SMILES string of the molecule is Cc1oc(C(=O)NC[C@@H]2CCCc3ccccc32)cc1S(=O)(=O)N1CCCC1. The van der Waals surface area contributed by atoms with Crippen molar-refractivity contribution in [1.82, 2.24) is 9.62 Å². The van der Waals surface area contributed by atoms with Crippen molar-refractivity contribution in [2.75, 3.05) is 19.6 Å². The molecule has 2 heterocycles. The van der Waals surface area contributed by atoms with Crippen LogP contribution in [0.2, 0.25) is 0 Å². The zero-order valence-corrected chi connectivity index (χ0v) is 16.9. The number of hydrogen-bond acceptors (Lipinski definition) is 4. The number of nitrogens with zero attached hydrogens (tertiary/aromatic N) is 1. The van der Waals surface area contributed by atoms with Gasteiger partial charge in [0.25, 0.3) is 5.91 Å². The van der Waals surface area contributed by atoms with Crippen molar-refractivity contribution in [3.05, 3.63) is 53.0 Å².